The summed E-state index contributed by atoms with van der Waals surface area (Å²) in [6.07, 6.45) is 5.54. The lowest BCUT2D eigenvalue weighted by molar-refractivity contribution is -0.119. The normalized spacial score (nSPS) is 22.3. The Hall–Kier alpha value is -1.35. The molecule has 0 aromatic heterocycles. The van der Waals surface area contributed by atoms with Crippen LogP contribution >= 0.6 is 0 Å². The summed E-state index contributed by atoms with van der Waals surface area (Å²) in [7, 11) is 0. The highest BCUT2D eigenvalue weighted by atomic mass is 16.3. The molecule has 0 radical (unpaired) electrons. The maximum absolute atomic E-state index is 12.2. The minimum absolute atomic E-state index is 0.0503. The highest BCUT2D eigenvalue weighted by Gasteiger charge is 2.40. The molecule has 1 saturated carbocycles. The van der Waals surface area contributed by atoms with Crippen LogP contribution in [0, 0.1) is 19.8 Å². The number of rotatable bonds is 2. The number of carbonyl (C=O) groups is 1. The second-order valence-corrected chi connectivity index (χ2v) is 7.56. The third-order valence-corrected chi connectivity index (χ3v) is 5.83. The Labute approximate surface area is 133 Å². The van der Waals surface area contributed by atoms with Crippen LogP contribution in [0.15, 0.2) is 6.07 Å². The van der Waals surface area contributed by atoms with Crippen molar-refractivity contribution < 1.29 is 9.90 Å². The smallest absolute Gasteiger partial charge is 0.234 e. The molecule has 2 aliphatic rings. The molecule has 3 nitrogen and oxygen atoms in total. The molecule has 3 rings (SSSR count). The molecule has 120 valence electrons. The highest BCUT2D eigenvalue weighted by molar-refractivity contribution is 6.06. The maximum Gasteiger partial charge on any atom is 0.234 e. The van der Waals surface area contributed by atoms with Crippen LogP contribution in [0.1, 0.15) is 74.3 Å². The molecule has 1 amide bonds. The Kier molecular flexibility index (Phi) is 3.80. The van der Waals surface area contributed by atoms with Gasteiger partial charge in [-0.1, -0.05) is 19.3 Å². The summed E-state index contributed by atoms with van der Waals surface area (Å²) in [6, 6.07) is 2.08. The van der Waals surface area contributed by atoms with E-state index in [0.717, 1.165) is 40.8 Å². The van der Waals surface area contributed by atoms with E-state index >= 15 is 0 Å². The molecule has 1 heterocycles. The molecule has 3 heteroatoms. The number of hydrogen-bond donors (Lipinski definition) is 2. The van der Waals surface area contributed by atoms with Crippen LogP contribution in [0.5, 0.6) is 0 Å². The van der Waals surface area contributed by atoms with E-state index in [1.807, 2.05) is 20.8 Å². The van der Waals surface area contributed by atoms with Gasteiger partial charge < -0.3 is 10.4 Å². The van der Waals surface area contributed by atoms with Crippen LogP contribution < -0.4 is 5.32 Å². The molecular formula is C19H27NO2. The molecule has 1 atom stereocenters. The predicted octanol–water partition coefficient (Wildman–Crippen LogP) is 4.15. The Morgan fingerprint density at radius 2 is 1.82 bits per heavy atom. The largest absolute Gasteiger partial charge is 0.388 e. The molecule has 2 N–H and O–H groups in total. The van der Waals surface area contributed by atoms with Gasteiger partial charge >= 0.3 is 0 Å². The van der Waals surface area contributed by atoms with Crippen LogP contribution in [0.3, 0.4) is 0 Å². The van der Waals surface area contributed by atoms with Gasteiger partial charge in [0.1, 0.15) is 0 Å². The van der Waals surface area contributed by atoms with E-state index in [0.29, 0.717) is 5.92 Å². The summed E-state index contributed by atoms with van der Waals surface area (Å²) in [5, 5.41) is 13.9. The van der Waals surface area contributed by atoms with E-state index in [9.17, 15) is 9.90 Å². The Bertz CT molecular complexity index is 612. The Morgan fingerprint density at radius 3 is 2.45 bits per heavy atom. The Balaban J connectivity index is 2.05. The molecule has 1 aromatic carbocycles. The number of aliphatic hydroxyl groups excluding tert-OH is 1. The number of hydrogen-bond acceptors (Lipinski definition) is 2. The molecule has 1 aromatic rings. The van der Waals surface area contributed by atoms with Crippen LogP contribution in [0.25, 0.3) is 0 Å². The third-order valence-electron chi connectivity index (χ3n) is 5.83. The first-order valence-electron chi connectivity index (χ1n) is 8.48. The Morgan fingerprint density at radius 1 is 1.18 bits per heavy atom. The van der Waals surface area contributed by atoms with E-state index < -0.39 is 11.5 Å². The standard InChI is InChI=1S/C19H27NO2/c1-11-12(2)16-15(19(3,4)18(22)20-16)10-14(11)17(21)13-8-6-5-7-9-13/h10,13,17,21H,5-9H2,1-4H3,(H,20,22). The van der Waals surface area contributed by atoms with Crippen molar-refractivity contribution in [2.24, 2.45) is 5.92 Å². The zero-order valence-corrected chi connectivity index (χ0v) is 14.1. The highest BCUT2D eigenvalue weighted by Crippen LogP contribution is 2.44. The van der Waals surface area contributed by atoms with Crippen LogP contribution in [0.2, 0.25) is 0 Å². The number of nitrogens with one attached hydrogen (secondary N) is 1. The summed E-state index contributed by atoms with van der Waals surface area (Å²) < 4.78 is 0. The minimum Gasteiger partial charge on any atom is -0.388 e. The summed E-state index contributed by atoms with van der Waals surface area (Å²) >= 11 is 0. The van der Waals surface area contributed by atoms with Crippen LogP contribution in [-0.2, 0) is 10.2 Å². The quantitative estimate of drug-likeness (QED) is 0.862. The van der Waals surface area contributed by atoms with Gasteiger partial charge in [0.05, 0.1) is 11.5 Å². The van der Waals surface area contributed by atoms with Gasteiger partial charge in [0, 0.05) is 5.69 Å². The van der Waals surface area contributed by atoms with Crippen molar-refractivity contribution in [1.82, 2.24) is 0 Å². The predicted molar refractivity (Wildman–Crippen MR) is 89.1 cm³/mol. The van der Waals surface area contributed by atoms with Gasteiger partial charge in [-0.25, -0.2) is 0 Å². The molecule has 22 heavy (non-hydrogen) atoms. The average Bonchev–Trinajstić information content (AvgIpc) is 2.74. The second kappa shape index (κ2) is 5.38. The molecule has 1 fully saturated rings. The van der Waals surface area contributed by atoms with Gasteiger partial charge in [-0.05, 0) is 74.8 Å². The molecular weight excluding hydrogens is 274 g/mol. The molecule has 1 unspecified atom stereocenters. The summed E-state index contributed by atoms with van der Waals surface area (Å²) in [4.78, 5) is 12.2. The summed E-state index contributed by atoms with van der Waals surface area (Å²) in [6.45, 7) is 8.03. The van der Waals surface area contributed by atoms with Crippen molar-refractivity contribution in [2.45, 2.75) is 71.3 Å². The van der Waals surface area contributed by atoms with E-state index in [1.165, 1.54) is 19.3 Å². The molecule has 1 aliphatic heterocycles. The van der Waals surface area contributed by atoms with Gasteiger partial charge in [-0.3, -0.25) is 4.79 Å². The van der Waals surface area contributed by atoms with E-state index in [2.05, 4.69) is 18.3 Å². The zero-order chi connectivity index (χ0) is 16.1. The number of aliphatic hydroxyl groups is 1. The van der Waals surface area contributed by atoms with Gasteiger partial charge in [-0.15, -0.1) is 0 Å². The van der Waals surface area contributed by atoms with Crippen molar-refractivity contribution in [1.29, 1.82) is 0 Å². The summed E-state index contributed by atoms with van der Waals surface area (Å²) in [5.41, 5.74) is 4.70. The van der Waals surface area contributed by atoms with E-state index in [-0.39, 0.29) is 5.91 Å². The minimum atomic E-state index is -0.519. The zero-order valence-electron chi connectivity index (χ0n) is 14.1. The van der Waals surface area contributed by atoms with E-state index in [1.54, 1.807) is 0 Å². The second-order valence-electron chi connectivity index (χ2n) is 7.56. The van der Waals surface area contributed by atoms with Crippen molar-refractivity contribution in [2.75, 3.05) is 5.32 Å². The number of carbonyl (C=O) groups excluding carboxylic acids is 1. The first-order chi connectivity index (χ1) is 10.3. The monoisotopic (exact) mass is 301 g/mol. The fourth-order valence-electron chi connectivity index (χ4n) is 4.00. The average molecular weight is 301 g/mol. The summed E-state index contributed by atoms with van der Waals surface area (Å²) in [5.74, 6) is 0.410. The van der Waals surface area contributed by atoms with Gasteiger partial charge in [0.2, 0.25) is 5.91 Å². The van der Waals surface area contributed by atoms with Gasteiger partial charge in [-0.2, -0.15) is 0 Å². The number of amides is 1. The molecule has 1 aliphatic carbocycles. The van der Waals surface area contributed by atoms with E-state index in [4.69, 9.17) is 0 Å². The lowest BCUT2D eigenvalue weighted by atomic mass is 9.78. The van der Waals surface area contributed by atoms with Gasteiger partial charge in [0.25, 0.3) is 0 Å². The fourth-order valence-corrected chi connectivity index (χ4v) is 4.00. The van der Waals surface area contributed by atoms with Crippen molar-refractivity contribution in [3.63, 3.8) is 0 Å². The SMILES string of the molecule is Cc1c(C(O)C2CCCCC2)cc2c(c1C)NC(=O)C2(C)C. The lowest BCUT2D eigenvalue weighted by Crippen LogP contribution is -2.27. The van der Waals surface area contributed by atoms with Gasteiger partial charge in [0.15, 0.2) is 0 Å². The maximum atomic E-state index is 12.2. The topological polar surface area (TPSA) is 49.3 Å². The number of anilines is 1. The lowest BCUT2D eigenvalue weighted by Gasteiger charge is -2.29. The third kappa shape index (κ3) is 2.26. The molecule has 0 bridgehead atoms. The van der Waals surface area contributed by atoms with Crippen LogP contribution in [-0.4, -0.2) is 11.0 Å². The molecule has 0 saturated heterocycles. The first kappa shape index (κ1) is 15.5. The van der Waals surface area contributed by atoms with Crippen molar-refractivity contribution >= 4 is 11.6 Å². The van der Waals surface area contributed by atoms with Crippen molar-refractivity contribution in [3.05, 3.63) is 28.3 Å². The fraction of sp³-hybridized carbons (Fsp3) is 0.632. The van der Waals surface area contributed by atoms with Crippen LogP contribution in [0.4, 0.5) is 5.69 Å². The van der Waals surface area contributed by atoms with Crippen molar-refractivity contribution in [3.8, 4) is 0 Å². The number of benzene rings is 1. The molecule has 0 spiro atoms. The first-order valence-corrected chi connectivity index (χ1v) is 8.48. The number of fused-ring (bicyclic) bond motifs is 1.